The molecule has 2 saturated heterocycles. The predicted octanol–water partition coefficient (Wildman–Crippen LogP) is 1.72. The summed E-state index contributed by atoms with van der Waals surface area (Å²) >= 11 is 0. The second kappa shape index (κ2) is 8.16. The third kappa shape index (κ3) is 4.41. The number of esters is 1. The number of carbonyl (C=O) groups excluding carboxylic acids is 1. The molecule has 2 aliphatic rings. The summed E-state index contributed by atoms with van der Waals surface area (Å²) < 4.78 is 4.99. The maximum Gasteiger partial charge on any atom is 0.307 e. The van der Waals surface area contributed by atoms with Gasteiger partial charge in [-0.1, -0.05) is 24.3 Å². The highest BCUT2D eigenvalue weighted by Crippen LogP contribution is 2.40. The van der Waals surface area contributed by atoms with Gasteiger partial charge in [0, 0.05) is 31.6 Å². The van der Waals surface area contributed by atoms with Crippen molar-refractivity contribution in [2.24, 2.45) is 5.73 Å². The number of piperidine rings is 1. The Morgan fingerprint density at radius 3 is 2.69 bits per heavy atom. The van der Waals surface area contributed by atoms with Gasteiger partial charge in [-0.05, 0) is 25.3 Å². The molecule has 0 amide bonds. The van der Waals surface area contributed by atoms with E-state index >= 15 is 0 Å². The summed E-state index contributed by atoms with van der Waals surface area (Å²) in [6.07, 6.45) is 3.28. The van der Waals surface area contributed by atoms with E-state index in [1.807, 2.05) is 31.2 Å². The molecule has 2 heterocycles. The number of carbonyl (C=O) groups is 1. The van der Waals surface area contributed by atoms with Crippen LogP contribution in [0.1, 0.15) is 49.8 Å². The number of nitrogens with zero attached hydrogens (tertiary/aromatic N) is 1. The van der Waals surface area contributed by atoms with E-state index in [4.69, 9.17) is 20.7 Å². The Morgan fingerprint density at radius 1 is 1.38 bits per heavy atom. The van der Waals surface area contributed by atoms with Crippen LogP contribution in [-0.4, -0.2) is 48.5 Å². The number of hydroxylamine groups is 1. The van der Waals surface area contributed by atoms with Crippen molar-refractivity contribution >= 4 is 11.8 Å². The van der Waals surface area contributed by atoms with Crippen molar-refractivity contribution in [3.63, 3.8) is 0 Å². The monoisotopic (exact) mass is 360 g/mol. The number of nitrogens with two attached hydrogens (primary N) is 1. The van der Waals surface area contributed by atoms with Crippen LogP contribution in [0.3, 0.4) is 0 Å². The lowest BCUT2D eigenvalue weighted by Crippen LogP contribution is -2.45. The molecule has 4 N–H and O–H groups in total. The summed E-state index contributed by atoms with van der Waals surface area (Å²) in [4.78, 5) is 19.8. The highest BCUT2D eigenvalue weighted by atomic mass is 16.7. The first kappa shape index (κ1) is 18.8. The average Bonchev–Trinajstić information content (AvgIpc) is 3.05. The summed E-state index contributed by atoms with van der Waals surface area (Å²) in [5, 5.41) is 7.48. The van der Waals surface area contributed by atoms with Gasteiger partial charge < -0.3 is 15.4 Å². The quantitative estimate of drug-likeness (QED) is 0.406. The number of rotatable bonds is 6. The van der Waals surface area contributed by atoms with Crippen molar-refractivity contribution in [3.8, 4) is 0 Å². The maximum atomic E-state index is 11.5. The first-order valence-electron chi connectivity index (χ1n) is 9.27. The molecule has 1 spiro atoms. The molecule has 1 aromatic rings. The van der Waals surface area contributed by atoms with Crippen LogP contribution in [0.25, 0.3) is 0 Å². The summed E-state index contributed by atoms with van der Waals surface area (Å²) in [7, 11) is 0. The van der Waals surface area contributed by atoms with E-state index in [-0.39, 0.29) is 23.4 Å². The zero-order chi connectivity index (χ0) is 18.6. The van der Waals surface area contributed by atoms with Crippen molar-refractivity contribution in [3.05, 3.63) is 35.4 Å². The SMILES string of the molecule is CCOC(=O)CCN1CCC2(CC1)CC(c1ccc(C(=N)N)cc1)NO2. The molecule has 0 aromatic heterocycles. The topological polar surface area (TPSA) is 101 Å². The van der Waals surface area contributed by atoms with Crippen LogP contribution in [0.2, 0.25) is 0 Å². The van der Waals surface area contributed by atoms with Crippen LogP contribution in [-0.2, 0) is 14.4 Å². The van der Waals surface area contributed by atoms with Crippen molar-refractivity contribution < 1.29 is 14.4 Å². The first-order chi connectivity index (χ1) is 12.5. The summed E-state index contributed by atoms with van der Waals surface area (Å²) in [5.41, 5.74) is 10.4. The summed E-state index contributed by atoms with van der Waals surface area (Å²) in [6, 6.07) is 7.92. The predicted molar refractivity (Wildman–Crippen MR) is 98.7 cm³/mol. The fourth-order valence-corrected chi connectivity index (χ4v) is 3.71. The third-order valence-electron chi connectivity index (χ3n) is 5.32. The fourth-order valence-electron chi connectivity index (χ4n) is 3.71. The minimum Gasteiger partial charge on any atom is -0.466 e. The van der Waals surface area contributed by atoms with E-state index in [0.29, 0.717) is 13.0 Å². The minimum atomic E-state index is -0.135. The van der Waals surface area contributed by atoms with Gasteiger partial charge in [0.05, 0.1) is 24.7 Å². The van der Waals surface area contributed by atoms with Gasteiger partial charge in [0.2, 0.25) is 0 Å². The zero-order valence-electron chi connectivity index (χ0n) is 15.3. The molecule has 7 nitrogen and oxygen atoms in total. The lowest BCUT2D eigenvalue weighted by molar-refractivity contribution is -0.143. The second-order valence-electron chi connectivity index (χ2n) is 7.09. The number of nitrogen functional groups attached to an aromatic ring is 1. The Kier molecular flexibility index (Phi) is 5.90. The van der Waals surface area contributed by atoms with Gasteiger partial charge in [0.1, 0.15) is 5.84 Å². The van der Waals surface area contributed by atoms with Crippen LogP contribution >= 0.6 is 0 Å². The Morgan fingerprint density at radius 2 is 2.08 bits per heavy atom. The Labute approximate surface area is 154 Å². The van der Waals surface area contributed by atoms with Crippen LogP contribution < -0.4 is 11.2 Å². The van der Waals surface area contributed by atoms with Gasteiger partial charge in [-0.3, -0.25) is 15.0 Å². The number of nitrogens with one attached hydrogen (secondary N) is 2. The molecule has 0 saturated carbocycles. The summed E-state index contributed by atoms with van der Waals surface area (Å²) in [6.45, 7) is 4.87. The highest BCUT2D eigenvalue weighted by molar-refractivity contribution is 5.94. The van der Waals surface area contributed by atoms with Gasteiger partial charge in [-0.2, -0.15) is 5.48 Å². The van der Waals surface area contributed by atoms with Gasteiger partial charge >= 0.3 is 5.97 Å². The zero-order valence-corrected chi connectivity index (χ0v) is 15.3. The average molecular weight is 360 g/mol. The van der Waals surface area contributed by atoms with Crippen LogP contribution in [0, 0.1) is 5.41 Å². The molecule has 2 aliphatic heterocycles. The number of amidine groups is 1. The van der Waals surface area contributed by atoms with Gasteiger partial charge in [0.25, 0.3) is 0 Å². The van der Waals surface area contributed by atoms with Gasteiger partial charge in [-0.15, -0.1) is 0 Å². The fraction of sp³-hybridized carbons (Fsp3) is 0.579. The molecular formula is C19H28N4O3. The van der Waals surface area contributed by atoms with E-state index < -0.39 is 0 Å². The smallest absolute Gasteiger partial charge is 0.307 e. The van der Waals surface area contributed by atoms with E-state index in [1.54, 1.807) is 0 Å². The maximum absolute atomic E-state index is 11.5. The molecular weight excluding hydrogens is 332 g/mol. The largest absolute Gasteiger partial charge is 0.466 e. The summed E-state index contributed by atoms with van der Waals surface area (Å²) in [5.74, 6) is -0.0421. The normalized spacial score (nSPS) is 22.4. The molecule has 26 heavy (non-hydrogen) atoms. The van der Waals surface area contributed by atoms with Gasteiger partial charge in [-0.25, -0.2) is 0 Å². The van der Waals surface area contributed by atoms with E-state index in [0.717, 1.165) is 50.0 Å². The van der Waals surface area contributed by atoms with Crippen LogP contribution in [0.5, 0.6) is 0 Å². The number of benzene rings is 1. The second-order valence-corrected chi connectivity index (χ2v) is 7.09. The van der Waals surface area contributed by atoms with Crippen molar-refractivity contribution in [1.82, 2.24) is 10.4 Å². The Bertz CT molecular complexity index is 639. The Hall–Kier alpha value is -1.96. The third-order valence-corrected chi connectivity index (χ3v) is 5.32. The van der Waals surface area contributed by atoms with E-state index in [9.17, 15) is 4.79 Å². The number of likely N-dealkylation sites (tertiary alicyclic amines) is 1. The molecule has 0 aliphatic carbocycles. The molecule has 1 unspecified atom stereocenters. The van der Waals surface area contributed by atoms with Crippen molar-refractivity contribution in [2.75, 3.05) is 26.2 Å². The minimum absolute atomic E-state index is 0.0823. The molecule has 0 radical (unpaired) electrons. The number of hydrogen-bond donors (Lipinski definition) is 3. The molecule has 3 rings (SSSR count). The van der Waals surface area contributed by atoms with Crippen molar-refractivity contribution in [2.45, 2.75) is 44.2 Å². The number of hydrogen-bond acceptors (Lipinski definition) is 6. The molecule has 1 aromatic carbocycles. The highest BCUT2D eigenvalue weighted by Gasteiger charge is 2.43. The Balaban J connectivity index is 1.49. The molecule has 2 fully saturated rings. The lowest BCUT2D eigenvalue weighted by atomic mass is 9.84. The van der Waals surface area contributed by atoms with Crippen molar-refractivity contribution in [1.29, 1.82) is 5.41 Å². The van der Waals surface area contributed by atoms with Gasteiger partial charge in [0.15, 0.2) is 0 Å². The molecule has 0 bridgehead atoms. The standard InChI is InChI=1S/C19H28N4O3/c1-2-25-17(24)7-10-23-11-8-19(9-12-23)13-16(22-26-19)14-3-5-15(6-4-14)18(20)21/h3-6,16,22H,2,7-13H2,1H3,(H3,20,21). The van der Waals surface area contributed by atoms with E-state index in [1.165, 1.54) is 0 Å². The number of ether oxygens (including phenoxy) is 1. The van der Waals surface area contributed by atoms with Crippen LogP contribution in [0.4, 0.5) is 0 Å². The first-order valence-corrected chi connectivity index (χ1v) is 9.27. The van der Waals surface area contributed by atoms with Crippen LogP contribution in [0.15, 0.2) is 24.3 Å². The van der Waals surface area contributed by atoms with E-state index in [2.05, 4.69) is 10.4 Å². The molecule has 1 atom stereocenters. The lowest BCUT2D eigenvalue weighted by Gasteiger charge is -2.37. The molecule has 7 heteroatoms. The molecule has 142 valence electrons.